The number of Topliss-reactive ketones (excluding diaryl/α,β-unsaturated/α-hetero) is 1. The van der Waals surface area contributed by atoms with E-state index in [9.17, 15) is 14.4 Å². The summed E-state index contributed by atoms with van der Waals surface area (Å²) in [5, 5.41) is 5.50. The molecule has 124 valence electrons. The number of hydrogen-bond donors (Lipinski definition) is 2. The lowest BCUT2D eigenvalue weighted by molar-refractivity contribution is -0.169. The fourth-order valence-corrected chi connectivity index (χ4v) is 3.98. The van der Waals surface area contributed by atoms with E-state index in [2.05, 4.69) is 10.6 Å². The molecule has 2 N–H and O–H groups in total. The molecule has 0 bridgehead atoms. The molecule has 0 aliphatic carbocycles. The predicted molar refractivity (Wildman–Crippen MR) is 88.7 cm³/mol. The number of benzene rings is 2. The molecule has 25 heavy (non-hydrogen) atoms. The summed E-state index contributed by atoms with van der Waals surface area (Å²) in [5.41, 5.74) is 2.83. The van der Waals surface area contributed by atoms with Crippen LogP contribution in [0.15, 0.2) is 48.5 Å². The molecule has 3 aliphatic rings. The summed E-state index contributed by atoms with van der Waals surface area (Å²) in [7, 11) is 0. The Kier molecular flexibility index (Phi) is 2.87. The van der Waals surface area contributed by atoms with Gasteiger partial charge >= 0.3 is 0 Å². The molecule has 2 amide bonds. The number of rotatable bonds is 0. The maximum atomic E-state index is 13.0. The Morgan fingerprint density at radius 3 is 1.60 bits per heavy atom. The van der Waals surface area contributed by atoms with Gasteiger partial charge in [0.05, 0.1) is 0 Å². The van der Waals surface area contributed by atoms with Crippen LogP contribution < -0.4 is 10.6 Å². The van der Waals surface area contributed by atoms with Gasteiger partial charge in [0.15, 0.2) is 5.78 Å². The monoisotopic (exact) mass is 334 g/mol. The summed E-state index contributed by atoms with van der Waals surface area (Å²) in [5.74, 6) is -3.24. The van der Waals surface area contributed by atoms with Gasteiger partial charge in [-0.3, -0.25) is 14.4 Å². The number of anilines is 2. The molecule has 2 aromatic rings. The van der Waals surface area contributed by atoms with Crippen LogP contribution in [0, 0.1) is 11.8 Å². The fraction of sp³-hybridized carbons (Fsp3) is 0.211. The van der Waals surface area contributed by atoms with Crippen LogP contribution in [0.1, 0.15) is 23.3 Å². The van der Waals surface area contributed by atoms with Crippen molar-refractivity contribution < 1.29 is 19.1 Å². The largest absolute Gasteiger partial charge is 0.363 e. The van der Waals surface area contributed by atoms with E-state index in [1.165, 1.54) is 0 Å². The fourth-order valence-electron chi connectivity index (χ4n) is 3.98. The molecular weight excluding hydrogens is 320 g/mol. The third kappa shape index (κ3) is 1.91. The molecule has 1 saturated heterocycles. The summed E-state index contributed by atoms with van der Waals surface area (Å²) < 4.78 is 6.22. The first-order chi connectivity index (χ1) is 12.1. The van der Waals surface area contributed by atoms with Crippen molar-refractivity contribution in [2.75, 3.05) is 10.6 Å². The quantitative estimate of drug-likeness (QED) is 0.724. The molecule has 6 heteroatoms. The maximum Gasteiger partial charge on any atom is 0.238 e. The van der Waals surface area contributed by atoms with Crippen LogP contribution in [-0.4, -0.2) is 17.6 Å². The molecule has 1 fully saturated rings. The van der Waals surface area contributed by atoms with Crippen LogP contribution in [0.2, 0.25) is 0 Å². The van der Waals surface area contributed by atoms with Crippen molar-refractivity contribution in [3.8, 4) is 0 Å². The van der Waals surface area contributed by atoms with Crippen LogP contribution in [0.3, 0.4) is 0 Å². The van der Waals surface area contributed by atoms with E-state index in [4.69, 9.17) is 4.74 Å². The Morgan fingerprint density at radius 2 is 1.12 bits per heavy atom. The molecule has 3 heterocycles. The van der Waals surface area contributed by atoms with E-state index in [1.54, 1.807) is 12.1 Å². The Balaban J connectivity index is 1.66. The number of nitrogens with one attached hydrogen (secondary N) is 2. The molecule has 0 spiro atoms. The van der Waals surface area contributed by atoms with Crippen molar-refractivity contribution in [2.45, 2.75) is 12.2 Å². The molecule has 0 aromatic heterocycles. The lowest BCUT2D eigenvalue weighted by Crippen LogP contribution is -2.53. The van der Waals surface area contributed by atoms with Crippen molar-refractivity contribution >= 4 is 29.0 Å². The Labute approximate surface area is 143 Å². The molecule has 0 radical (unpaired) electrons. The van der Waals surface area contributed by atoms with Crippen molar-refractivity contribution in [2.24, 2.45) is 11.8 Å². The van der Waals surface area contributed by atoms with Crippen LogP contribution in [0.4, 0.5) is 11.4 Å². The minimum atomic E-state index is -1.01. The molecule has 4 atom stereocenters. The molecule has 5 rings (SSSR count). The number of ether oxygens (including phenoxy) is 1. The number of amides is 2. The first-order valence-corrected chi connectivity index (χ1v) is 8.14. The minimum absolute atomic E-state index is 0.389. The number of carbonyl (C=O) groups is 3. The van der Waals surface area contributed by atoms with Gasteiger partial charge in [-0.1, -0.05) is 36.4 Å². The normalized spacial score (nSPS) is 29.5. The number of hydrogen-bond acceptors (Lipinski definition) is 4. The van der Waals surface area contributed by atoms with Crippen LogP contribution in [0.5, 0.6) is 0 Å². The van der Waals surface area contributed by atoms with Crippen molar-refractivity contribution in [3.63, 3.8) is 0 Å². The second-order valence-electron chi connectivity index (χ2n) is 6.49. The standard InChI is InChI=1S/C19H14N2O4/c22-15-13-16(9-5-1-3-7-11(9)20-18(13)23)25-17-10-6-2-4-8-12(10)21-19(24)14(15)17/h1-8,13-14,16-17H,(H,20,23)(H,21,24). The Morgan fingerprint density at radius 1 is 0.680 bits per heavy atom. The van der Waals surface area contributed by atoms with Gasteiger partial charge in [0, 0.05) is 22.5 Å². The topological polar surface area (TPSA) is 84.5 Å². The van der Waals surface area contributed by atoms with Crippen molar-refractivity contribution in [1.82, 2.24) is 0 Å². The molecule has 3 aliphatic heterocycles. The second-order valence-corrected chi connectivity index (χ2v) is 6.49. The molecule has 6 nitrogen and oxygen atoms in total. The van der Waals surface area contributed by atoms with Crippen LogP contribution in [-0.2, 0) is 19.1 Å². The van der Waals surface area contributed by atoms with Gasteiger partial charge in [-0.15, -0.1) is 0 Å². The van der Waals surface area contributed by atoms with Crippen molar-refractivity contribution in [3.05, 3.63) is 59.7 Å². The zero-order valence-electron chi connectivity index (χ0n) is 13.1. The SMILES string of the molecule is O=C1Nc2ccccc2C2OC3c4ccccc4NC(=O)C3C(=O)C12. The minimum Gasteiger partial charge on any atom is -0.363 e. The van der Waals surface area contributed by atoms with E-state index >= 15 is 0 Å². The molecule has 0 saturated carbocycles. The Hall–Kier alpha value is -2.99. The van der Waals surface area contributed by atoms with Gasteiger partial charge in [0.25, 0.3) is 0 Å². The average molecular weight is 334 g/mol. The van der Waals surface area contributed by atoms with Crippen LogP contribution in [0.25, 0.3) is 0 Å². The zero-order chi connectivity index (χ0) is 17.1. The first kappa shape index (κ1) is 14.4. The average Bonchev–Trinajstić information content (AvgIpc) is 2.61. The maximum absolute atomic E-state index is 13.0. The highest BCUT2D eigenvalue weighted by Gasteiger charge is 2.55. The van der Waals surface area contributed by atoms with Gasteiger partial charge in [-0.05, 0) is 12.1 Å². The summed E-state index contributed by atoms with van der Waals surface area (Å²) in [6.45, 7) is 0. The summed E-state index contributed by atoms with van der Waals surface area (Å²) in [6.07, 6.45) is -1.37. The third-order valence-electron chi connectivity index (χ3n) is 5.13. The first-order valence-electron chi connectivity index (χ1n) is 8.14. The van der Waals surface area contributed by atoms with E-state index in [0.717, 1.165) is 11.1 Å². The number of ketones is 1. The summed E-state index contributed by atoms with van der Waals surface area (Å²) in [6, 6.07) is 14.6. The molecule has 2 aromatic carbocycles. The van der Waals surface area contributed by atoms with E-state index in [1.807, 2.05) is 36.4 Å². The summed E-state index contributed by atoms with van der Waals surface area (Å²) in [4.78, 5) is 38.0. The van der Waals surface area contributed by atoms with Gasteiger partial charge in [-0.25, -0.2) is 0 Å². The number of para-hydroxylation sites is 2. The molecule has 4 unspecified atom stereocenters. The molecular formula is C19H14N2O4. The predicted octanol–water partition coefficient (Wildman–Crippen LogP) is 2.20. The zero-order valence-corrected chi connectivity index (χ0v) is 13.1. The van der Waals surface area contributed by atoms with Gasteiger partial charge in [-0.2, -0.15) is 0 Å². The highest BCUT2D eigenvalue weighted by Crippen LogP contribution is 2.50. The summed E-state index contributed by atoms with van der Waals surface area (Å²) >= 11 is 0. The van der Waals surface area contributed by atoms with Crippen LogP contribution >= 0.6 is 0 Å². The van der Waals surface area contributed by atoms with E-state index < -0.39 is 35.9 Å². The smallest absolute Gasteiger partial charge is 0.238 e. The number of fused-ring (bicyclic) bond motifs is 6. The number of carbonyl (C=O) groups excluding carboxylic acids is 3. The lowest BCUT2D eigenvalue weighted by Gasteiger charge is -2.44. The van der Waals surface area contributed by atoms with Gasteiger partial charge < -0.3 is 15.4 Å². The van der Waals surface area contributed by atoms with Gasteiger partial charge in [0.2, 0.25) is 11.8 Å². The highest BCUT2D eigenvalue weighted by atomic mass is 16.5. The lowest BCUT2D eigenvalue weighted by atomic mass is 9.74. The highest BCUT2D eigenvalue weighted by molar-refractivity contribution is 6.19. The van der Waals surface area contributed by atoms with E-state index in [-0.39, 0.29) is 5.78 Å². The second kappa shape index (κ2) is 5.00. The van der Waals surface area contributed by atoms with Crippen molar-refractivity contribution in [1.29, 1.82) is 0 Å². The van der Waals surface area contributed by atoms with E-state index in [0.29, 0.717) is 11.4 Å². The van der Waals surface area contributed by atoms with Gasteiger partial charge in [0.1, 0.15) is 24.0 Å². The third-order valence-corrected chi connectivity index (χ3v) is 5.13. The Bertz CT molecular complexity index is 865.